The summed E-state index contributed by atoms with van der Waals surface area (Å²) in [5.74, 6) is 0.779. The molecule has 3 aromatic heterocycles. The van der Waals surface area contributed by atoms with Gasteiger partial charge in [0.15, 0.2) is 5.78 Å². The average Bonchev–Trinajstić information content (AvgIpc) is 3.29. The number of alkyl halides is 1. The number of nitrogens with zero attached hydrogens (tertiary/aromatic N) is 5. The molecule has 7 heteroatoms. The fourth-order valence-electron chi connectivity index (χ4n) is 5.32. The largest absolute Gasteiger partial charge is 0.294 e. The lowest BCUT2D eigenvalue weighted by Gasteiger charge is -2.27. The Kier molecular flexibility index (Phi) is 6.32. The van der Waals surface area contributed by atoms with Gasteiger partial charge in [-0.2, -0.15) is 5.10 Å². The Balaban J connectivity index is 1.23. The van der Waals surface area contributed by atoms with Crippen LogP contribution in [0, 0.1) is 5.92 Å². The second-order valence-electron chi connectivity index (χ2n) is 10.1. The molecule has 1 aliphatic carbocycles. The van der Waals surface area contributed by atoms with Gasteiger partial charge in [-0.05, 0) is 47.6 Å². The van der Waals surface area contributed by atoms with Gasteiger partial charge >= 0.3 is 0 Å². The van der Waals surface area contributed by atoms with Crippen LogP contribution in [0.4, 0.5) is 4.39 Å². The predicted octanol–water partition coefficient (Wildman–Crippen LogP) is 5.05. The molecule has 0 amide bonds. The van der Waals surface area contributed by atoms with Gasteiger partial charge in [0.05, 0.1) is 24.9 Å². The number of hydrogen-bond donors (Lipinski definition) is 0. The molecule has 0 spiro atoms. The van der Waals surface area contributed by atoms with E-state index in [2.05, 4.69) is 38.2 Å². The summed E-state index contributed by atoms with van der Waals surface area (Å²) < 4.78 is 14.9. The molecule has 0 N–H and O–H groups in total. The Hall–Kier alpha value is -3.45. The van der Waals surface area contributed by atoms with Gasteiger partial charge in [-0.1, -0.05) is 31.4 Å². The zero-order valence-corrected chi connectivity index (χ0v) is 20.4. The Morgan fingerprint density at radius 3 is 2.75 bits per heavy atom. The van der Waals surface area contributed by atoms with E-state index >= 15 is 0 Å². The van der Waals surface area contributed by atoms with Crippen molar-refractivity contribution in [1.82, 2.24) is 24.6 Å². The maximum absolute atomic E-state index is 13.1. The van der Waals surface area contributed by atoms with Crippen LogP contribution in [-0.2, 0) is 25.9 Å². The topological polar surface area (TPSA) is 63.9 Å². The first kappa shape index (κ1) is 23.0. The van der Waals surface area contributed by atoms with Crippen LogP contribution in [-0.4, -0.2) is 50.2 Å². The van der Waals surface area contributed by atoms with Gasteiger partial charge in [0.2, 0.25) is 0 Å². The van der Waals surface area contributed by atoms with E-state index in [4.69, 9.17) is 0 Å². The molecule has 0 saturated heterocycles. The van der Waals surface area contributed by atoms with E-state index < -0.39 is 0 Å². The van der Waals surface area contributed by atoms with Crippen LogP contribution in [0.3, 0.4) is 0 Å². The second kappa shape index (κ2) is 9.90. The molecule has 2 aliphatic rings. The number of benzene rings is 1. The number of carbonyl (C=O) groups is 1. The molecule has 4 heterocycles. The first-order valence-electron chi connectivity index (χ1n) is 12.9. The third-order valence-electron chi connectivity index (χ3n) is 7.64. The van der Waals surface area contributed by atoms with Crippen LogP contribution in [0.25, 0.3) is 21.9 Å². The summed E-state index contributed by atoms with van der Waals surface area (Å²) in [5, 5.41) is 6.64. The van der Waals surface area contributed by atoms with Crippen molar-refractivity contribution in [3.63, 3.8) is 0 Å². The number of pyridine rings is 2. The molecule has 1 saturated carbocycles. The minimum Gasteiger partial charge on any atom is -0.294 e. The smallest absolute Gasteiger partial charge is 0.168 e. The van der Waals surface area contributed by atoms with Gasteiger partial charge in [0.25, 0.3) is 0 Å². The number of Topliss-reactive ketones (excluding diaryl/α,β-unsaturated/α-hetero) is 1. The number of rotatable bonds is 8. The lowest BCUT2D eigenvalue weighted by Crippen LogP contribution is -2.35. The van der Waals surface area contributed by atoms with Gasteiger partial charge in [-0.3, -0.25) is 24.3 Å². The van der Waals surface area contributed by atoms with Crippen molar-refractivity contribution in [2.45, 2.75) is 45.2 Å². The second-order valence-corrected chi connectivity index (χ2v) is 10.1. The van der Waals surface area contributed by atoms with Crippen LogP contribution in [0.5, 0.6) is 0 Å². The normalized spacial score (nSPS) is 16.1. The van der Waals surface area contributed by atoms with E-state index in [0.717, 1.165) is 58.5 Å². The first-order chi connectivity index (χ1) is 17.7. The molecule has 0 unspecified atom stereocenters. The van der Waals surface area contributed by atoms with E-state index in [1.54, 1.807) is 12.3 Å². The van der Waals surface area contributed by atoms with Gasteiger partial charge in [-0.25, -0.2) is 4.39 Å². The zero-order chi connectivity index (χ0) is 24.5. The Labute approximate surface area is 210 Å². The molecule has 0 radical (unpaired) electrons. The van der Waals surface area contributed by atoms with Crippen molar-refractivity contribution in [3.8, 4) is 11.1 Å². The highest BCUT2D eigenvalue weighted by Gasteiger charge is 2.21. The summed E-state index contributed by atoms with van der Waals surface area (Å²) in [6, 6.07) is 12.1. The van der Waals surface area contributed by atoms with Crippen molar-refractivity contribution in [1.29, 1.82) is 0 Å². The summed E-state index contributed by atoms with van der Waals surface area (Å²) in [6.45, 7) is 2.40. The maximum atomic E-state index is 13.1. The number of fused-ring (bicyclic) bond motifs is 2. The molecule has 0 atom stereocenters. The van der Waals surface area contributed by atoms with Crippen molar-refractivity contribution in [3.05, 3.63) is 77.6 Å². The highest BCUT2D eigenvalue weighted by atomic mass is 19.1. The van der Waals surface area contributed by atoms with Crippen molar-refractivity contribution < 1.29 is 9.18 Å². The Bertz CT molecular complexity index is 1410. The highest BCUT2D eigenvalue weighted by Crippen LogP contribution is 2.31. The van der Waals surface area contributed by atoms with E-state index in [9.17, 15) is 9.18 Å². The third-order valence-corrected chi connectivity index (χ3v) is 7.64. The van der Waals surface area contributed by atoms with Crippen LogP contribution in [0.15, 0.2) is 55.0 Å². The van der Waals surface area contributed by atoms with E-state index in [-0.39, 0.29) is 18.9 Å². The summed E-state index contributed by atoms with van der Waals surface area (Å²) in [7, 11) is 0. The lowest BCUT2D eigenvalue weighted by atomic mass is 9.82. The van der Waals surface area contributed by atoms with E-state index in [0.29, 0.717) is 24.6 Å². The minimum atomic E-state index is -0.338. The summed E-state index contributed by atoms with van der Waals surface area (Å²) in [6.07, 6.45) is 10.6. The maximum Gasteiger partial charge on any atom is 0.168 e. The molecule has 4 aromatic rings. The van der Waals surface area contributed by atoms with Crippen molar-refractivity contribution in [2.75, 3.05) is 19.8 Å². The molecule has 36 heavy (non-hydrogen) atoms. The standard InChI is InChI=1S/C29H30FN5O/c30-7-9-34-10-11-35-28(19-34)27(18-33-35)21-4-5-23-17-32-26(15-24(23)13-21)16-29(36)22-6-8-31-25(14-22)12-20-2-1-3-20/h4-6,8,13-15,17-18,20H,1-3,7,9-12,16,19H2. The number of ketones is 1. The van der Waals surface area contributed by atoms with Crippen molar-refractivity contribution in [2.24, 2.45) is 5.92 Å². The average molecular weight is 484 g/mol. The van der Waals surface area contributed by atoms with Crippen LogP contribution < -0.4 is 0 Å². The van der Waals surface area contributed by atoms with E-state index in [1.165, 1.54) is 19.3 Å². The summed E-state index contributed by atoms with van der Waals surface area (Å²) >= 11 is 0. The number of hydrogen-bond acceptors (Lipinski definition) is 5. The van der Waals surface area contributed by atoms with Crippen LogP contribution in [0.2, 0.25) is 0 Å². The van der Waals surface area contributed by atoms with Gasteiger partial charge in [0.1, 0.15) is 6.67 Å². The monoisotopic (exact) mass is 483 g/mol. The SMILES string of the molecule is O=C(Cc1cc2cc(-c3cnn4c3CN(CCF)CC4)ccc2cn1)c1ccnc(CC2CCC2)c1. The van der Waals surface area contributed by atoms with Crippen LogP contribution >= 0.6 is 0 Å². The van der Waals surface area contributed by atoms with Gasteiger partial charge < -0.3 is 0 Å². The minimum absolute atomic E-state index is 0.0638. The fourth-order valence-corrected chi connectivity index (χ4v) is 5.32. The molecule has 6 nitrogen and oxygen atoms in total. The van der Waals surface area contributed by atoms with Gasteiger partial charge in [-0.15, -0.1) is 0 Å². The molecule has 6 rings (SSSR count). The first-order valence-corrected chi connectivity index (χ1v) is 12.9. The molecular weight excluding hydrogens is 453 g/mol. The van der Waals surface area contributed by atoms with E-state index in [1.807, 2.05) is 29.2 Å². The quantitative estimate of drug-likeness (QED) is 0.328. The number of halogens is 1. The predicted molar refractivity (Wildman–Crippen MR) is 138 cm³/mol. The molecule has 1 aliphatic heterocycles. The third kappa shape index (κ3) is 4.67. The lowest BCUT2D eigenvalue weighted by molar-refractivity contribution is 0.0991. The highest BCUT2D eigenvalue weighted by molar-refractivity contribution is 5.98. The van der Waals surface area contributed by atoms with Crippen LogP contribution in [0.1, 0.15) is 46.7 Å². The Morgan fingerprint density at radius 1 is 1.00 bits per heavy atom. The zero-order valence-electron chi connectivity index (χ0n) is 20.4. The fraction of sp³-hybridized carbons (Fsp3) is 0.379. The summed E-state index contributed by atoms with van der Waals surface area (Å²) in [5.41, 5.74) is 5.74. The molecule has 184 valence electrons. The Morgan fingerprint density at radius 2 is 1.92 bits per heavy atom. The van der Waals surface area contributed by atoms with Crippen molar-refractivity contribution >= 4 is 16.6 Å². The number of aromatic nitrogens is 4. The number of carbonyl (C=O) groups excluding carboxylic acids is 1. The van der Waals surface area contributed by atoms with Gasteiger partial charge in [0, 0.05) is 59.9 Å². The summed E-state index contributed by atoms with van der Waals surface area (Å²) in [4.78, 5) is 24.2. The molecule has 0 bridgehead atoms. The molecule has 1 fully saturated rings. The molecule has 1 aromatic carbocycles. The molecular formula is C29H30FN5O.